The fourth-order valence-corrected chi connectivity index (χ4v) is 2.34. The van der Waals surface area contributed by atoms with Crippen LogP contribution in [0, 0.1) is 0 Å². The zero-order valence-electron chi connectivity index (χ0n) is 15.3. The highest BCUT2D eigenvalue weighted by molar-refractivity contribution is 6.13. The third-order valence-electron chi connectivity index (χ3n) is 3.88. The first-order valence-corrected chi connectivity index (χ1v) is 8.41. The van der Waals surface area contributed by atoms with Crippen molar-refractivity contribution in [1.82, 2.24) is 5.43 Å². The van der Waals surface area contributed by atoms with Gasteiger partial charge in [-0.15, -0.1) is 0 Å². The number of hydrogen-bond acceptors (Lipinski definition) is 3. The highest BCUT2D eigenvalue weighted by Gasteiger charge is 2.31. The highest BCUT2D eigenvalue weighted by Crippen LogP contribution is 2.23. The molecule has 1 heterocycles. The average molecular weight is 338 g/mol. The molecular formula is C21H26N2O2. The minimum Gasteiger partial charge on any atom is -0.379 e. The van der Waals surface area contributed by atoms with Gasteiger partial charge in [-0.05, 0) is 31.9 Å². The van der Waals surface area contributed by atoms with E-state index in [1.165, 1.54) is 5.56 Å². The average Bonchev–Trinajstić information content (AvgIpc) is 2.97. The second kappa shape index (κ2) is 8.58. The molecular weight excluding hydrogens is 312 g/mol. The smallest absolute Gasteiger partial charge is 0.253 e. The molecule has 3 rings (SSSR count). The summed E-state index contributed by atoms with van der Waals surface area (Å²) in [5.41, 5.74) is 5.66. The molecule has 1 amide bonds. The fourth-order valence-electron chi connectivity index (χ4n) is 2.34. The molecule has 1 unspecified atom stereocenters. The number of benzene rings is 2. The summed E-state index contributed by atoms with van der Waals surface area (Å²) in [7, 11) is 1.71. The van der Waals surface area contributed by atoms with Crippen molar-refractivity contribution in [2.24, 2.45) is 5.10 Å². The van der Waals surface area contributed by atoms with Crippen LogP contribution in [0.1, 0.15) is 37.8 Å². The lowest BCUT2D eigenvalue weighted by atomic mass is 9.91. The maximum atomic E-state index is 11.9. The number of methoxy groups -OCH3 is 1. The number of amides is 1. The molecule has 1 N–H and O–H groups in total. The van der Waals surface area contributed by atoms with E-state index in [2.05, 4.69) is 10.5 Å². The lowest BCUT2D eigenvalue weighted by Crippen LogP contribution is -2.22. The monoisotopic (exact) mass is 338 g/mol. The van der Waals surface area contributed by atoms with E-state index < -0.39 is 0 Å². The predicted molar refractivity (Wildman–Crippen MR) is 102 cm³/mol. The predicted octanol–water partition coefficient (Wildman–Crippen LogP) is 3.93. The lowest BCUT2D eigenvalue weighted by molar-refractivity contribution is -0.120. The van der Waals surface area contributed by atoms with Crippen LogP contribution in [-0.2, 0) is 16.0 Å². The minimum absolute atomic E-state index is 0.0417. The fraction of sp³-hybridized carbons (Fsp3) is 0.333. The summed E-state index contributed by atoms with van der Waals surface area (Å²) in [6.07, 6.45) is 0.694. The highest BCUT2D eigenvalue weighted by atomic mass is 16.5. The van der Waals surface area contributed by atoms with E-state index in [1.54, 1.807) is 7.11 Å². The molecule has 0 saturated heterocycles. The molecule has 0 aromatic heterocycles. The number of ether oxygens (including phenoxy) is 1. The molecule has 0 saturated carbocycles. The molecule has 4 nitrogen and oxygen atoms in total. The van der Waals surface area contributed by atoms with Crippen molar-refractivity contribution in [3.63, 3.8) is 0 Å². The van der Waals surface area contributed by atoms with Crippen molar-refractivity contribution in [2.45, 2.75) is 38.7 Å². The molecule has 0 bridgehead atoms. The van der Waals surface area contributed by atoms with E-state index >= 15 is 0 Å². The van der Waals surface area contributed by atoms with Gasteiger partial charge in [-0.25, -0.2) is 5.43 Å². The zero-order valence-corrected chi connectivity index (χ0v) is 15.3. The largest absolute Gasteiger partial charge is 0.379 e. The molecule has 0 radical (unpaired) electrons. The normalized spacial score (nSPS) is 16.6. The topological polar surface area (TPSA) is 50.7 Å². The van der Waals surface area contributed by atoms with Gasteiger partial charge in [-0.2, -0.15) is 5.10 Å². The molecule has 1 aliphatic rings. The minimum atomic E-state index is -0.263. The van der Waals surface area contributed by atoms with Crippen LogP contribution >= 0.6 is 0 Å². The van der Waals surface area contributed by atoms with Gasteiger partial charge in [-0.1, -0.05) is 60.7 Å². The Balaban J connectivity index is 0.000000326. The van der Waals surface area contributed by atoms with Crippen LogP contribution in [0.15, 0.2) is 65.8 Å². The molecule has 25 heavy (non-hydrogen) atoms. The van der Waals surface area contributed by atoms with E-state index in [-0.39, 0.29) is 17.4 Å². The second-order valence-electron chi connectivity index (χ2n) is 6.90. The van der Waals surface area contributed by atoms with Gasteiger partial charge in [0.25, 0.3) is 5.91 Å². The zero-order chi connectivity index (χ0) is 18.3. The summed E-state index contributed by atoms with van der Waals surface area (Å²) < 4.78 is 4.94. The van der Waals surface area contributed by atoms with Crippen LogP contribution in [0.5, 0.6) is 0 Å². The first kappa shape index (κ1) is 18.9. The number of hydrogen-bond donors (Lipinski definition) is 1. The first-order chi connectivity index (χ1) is 11.9. The summed E-state index contributed by atoms with van der Waals surface area (Å²) in [4.78, 5) is 11.9. The number of nitrogens with one attached hydrogen (secondary N) is 1. The van der Waals surface area contributed by atoms with Gasteiger partial charge in [-0.3, -0.25) is 4.79 Å². The third kappa shape index (κ3) is 5.84. The number of carbonyl (C=O) groups excluding carboxylic acids is 1. The first-order valence-electron chi connectivity index (χ1n) is 8.41. The Morgan fingerprint density at radius 2 is 1.52 bits per heavy atom. The van der Waals surface area contributed by atoms with Gasteiger partial charge in [0.1, 0.15) is 5.92 Å². The molecule has 1 aliphatic heterocycles. The Bertz CT molecular complexity index is 704. The van der Waals surface area contributed by atoms with E-state index in [0.717, 1.165) is 11.3 Å². The van der Waals surface area contributed by atoms with Crippen molar-refractivity contribution in [2.75, 3.05) is 7.11 Å². The quantitative estimate of drug-likeness (QED) is 0.922. The van der Waals surface area contributed by atoms with Gasteiger partial charge in [0.05, 0.1) is 11.3 Å². The molecule has 4 heteroatoms. The van der Waals surface area contributed by atoms with E-state index in [0.29, 0.717) is 6.42 Å². The number of nitrogens with zero attached hydrogens (tertiary/aromatic N) is 1. The van der Waals surface area contributed by atoms with Crippen LogP contribution in [0.3, 0.4) is 0 Å². The molecule has 2 aromatic carbocycles. The molecule has 2 aromatic rings. The Labute approximate surface area is 149 Å². The number of carbonyl (C=O) groups is 1. The van der Waals surface area contributed by atoms with Crippen LogP contribution in [0.2, 0.25) is 0 Å². The maximum Gasteiger partial charge on any atom is 0.253 e. The van der Waals surface area contributed by atoms with E-state index in [4.69, 9.17) is 4.74 Å². The van der Waals surface area contributed by atoms with Crippen LogP contribution in [-0.4, -0.2) is 24.3 Å². The van der Waals surface area contributed by atoms with Gasteiger partial charge in [0.2, 0.25) is 0 Å². The third-order valence-corrected chi connectivity index (χ3v) is 3.88. The van der Waals surface area contributed by atoms with Crippen molar-refractivity contribution >= 4 is 11.6 Å². The van der Waals surface area contributed by atoms with Crippen molar-refractivity contribution < 1.29 is 9.53 Å². The van der Waals surface area contributed by atoms with Crippen molar-refractivity contribution in [3.05, 3.63) is 71.8 Å². The SMILES string of the molecule is COC(C)(C)C.O=C1NN=C(Cc2ccccc2)C1c1ccccc1. The summed E-state index contributed by atoms with van der Waals surface area (Å²) in [5, 5.41) is 4.19. The summed E-state index contributed by atoms with van der Waals surface area (Å²) in [5.74, 6) is -0.307. The van der Waals surface area contributed by atoms with Crippen LogP contribution in [0.25, 0.3) is 0 Å². The van der Waals surface area contributed by atoms with Crippen molar-refractivity contribution in [1.29, 1.82) is 0 Å². The van der Waals surface area contributed by atoms with Crippen LogP contribution in [0.4, 0.5) is 0 Å². The Morgan fingerprint density at radius 1 is 1.00 bits per heavy atom. The van der Waals surface area contributed by atoms with Gasteiger partial charge < -0.3 is 4.74 Å². The van der Waals surface area contributed by atoms with Crippen molar-refractivity contribution in [3.8, 4) is 0 Å². The second-order valence-corrected chi connectivity index (χ2v) is 6.90. The molecule has 0 spiro atoms. The maximum absolute atomic E-state index is 11.9. The van der Waals surface area contributed by atoms with Crippen LogP contribution < -0.4 is 5.43 Å². The lowest BCUT2D eigenvalue weighted by Gasteiger charge is -2.14. The van der Waals surface area contributed by atoms with E-state index in [1.807, 2.05) is 81.4 Å². The summed E-state index contributed by atoms with van der Waals surface area (Å²) in [6, 6.07) is 19.9. The number of rotatable bonds is 3. The number of hydrazone groups is 1. The Morgan fingerprint density at radius 3 is 2.04 bits per heavy atom. The summed E-state index contributed by atoms with van der Waals surface area (Å²) in [6.45, 7) is 6.06. The Kier molecular flexibility index (Phi) is 6.48. The van der Waals surface area contributed by atoms with E-state index in [9.17, 15) is 4.79 Å². The van der Waals surface area contributed by atoms with Gasteiger partial charge in [0.15, 0.2) is 0 Å². The Hall–Kier alpha value is -2.46. The molecule has 1 atom stereocenters. The summed E-state index contributed by atoms with van der Waals surface area (Å²) >= 11 is 0. The van der Waals surface area contributed by atoms with Gasteiger partial charge in [0, 0.05) is 13.5 Å². The standard InChI is InChI=1S/C16H14N2O.C5H12O/c19-16-15(13-9-5-2-6-10-13)14(17-18-16)11-12-7-3-1-4-8-12;1-5(2,3)6-4/h1-10,15H,11H2,(H,18,19);1-4H3. The molecule has 0 fully saturated rings. The molecule has 132 valence electrons. The molecule has 0 aliphatic carbocycles. The van der Waals surface area contributed by atoms with Gasteiger partial charge >= 0.3 is 0 Å².